The summed E-state index contributed by atoms with van der Waals surface area (Å²) in [5.41, 5.74) is 0. The predicted molar refractivity (Wildman–Crippen MR) is 100 cm³/mol. The Kier molecular flexibility index (Phi) is 7.38. The zero-order valence-electron chi connectivity index (χ0n) is 15.8. The minimum atomic E-state index is 0.341. The molecule has 0 aromatic heterocycles. The number of piperidine rings is 2. The molecular weight excluding hydrogens is 298 g/mol. The van der Waals surface area contributed by atoms with E-state index in [0.29, 0.717) is 18.7 Å². The number of aliphatic hydroxyl groups is 1. The van der Waals surface area contributed by atoms with Gasteiger partial charge in [0.15, 0.2) is 0 Å². The maximum Gasteiger partial charge on any atom is 0.0445 e. The first kappa shape index (κ1) is 18.6. The summed E-state index contributed by atoms with van der Waals surface area (Å²) in [7, 11) is 2.37. The van der Waals surface area contributed by atoms with Crippen molar-refractivity contribution in [1.29, 1.82) is 0 Å². The van der Waals surface area contributed by atoms with Gasteiger partial charge in [0.05, 0.1) is 0 Å². The summed E-state index contributed by atoms with van der Waals surface area (Å²) in [6.45, 7) is 5.16. The first-order valence-corrected chi connectivity index (χ1v) is 10.6. The lowest BCUT2D eigenvalue weighted by molar-refractivity contribution is 0.0195. The molecular formula is C20H39N3O. The fraction of sp³-hybridized carbons (Fsp3) is 1.00. The van der Waals surface area contributed by atoms with Gasteiger partial charge in [-0.3, -0.25) is 4.90 Å². The molecule has 1 saturated carbocycles. The number of likely N-dealkylation sites (tertiary alicyclic amines) is 1. The maximum atomic E-state index is 9.47. The number of nitrogens with one attached hydrogen (secondary N) is 1. The Balaban J connectivity index is 1.61. The van der Waals surface area contributed by atoms with Gasteiger partial charge in [-0.2, -0.15) is 0 Å². The maximum absolute atomic E-state index is 9.47. The van der Waals surface area contributed by atoms with Gasteiger partial charge >= 0.3 is 0 Å². The number of hydrogen-bond donors (Lipinski definition) is 2. The largest absolute Gasteiger partial charge is 0.396 e. The zero-order valence-corrected chi connectivity index (χ0v) is 15.8. The van der Waals surface area contributed by atoms with Gasteiger partial charge in [0.25, 0.3) is 0 Å². The average Bonchev–Trinajstić information content (AvgIpc) is 2.64. The van der Waals surface area contributed by atoms with E-state index in [0.717, 1.165) is 24.9 Å². The van der Waals surface area contributed by atoms with Crippen LogP contribution in [0.15, 0.2) is 0 Å². The second kappa shape index (κ2) is 9.51. The summed E-state index contributed by atoms with van der Waals surface area (Å²) in [6, 6.07) is 2.10. The molecule has 3 rings (SSSR count). The van der Waals surface area contributed by atoms with Crippen LogP contribution in [-0.2, 0) is 0 Å². The summed E-state index contributed by atoms with van der Waals surface area (Å²) in [5.74, 6) is 0.789. The normalized spacial score (nSPS) is 33.9. The van der Waals surface area contributed by atoms with E-state index in [-0.39, 0.29) is 0 Å². The molecule has 3 unspecified atom stereocenters. The molecule has 3 fully saturated rings. The van der Waals surface area contributed by atoms with Gasteiger partial charge in [-0.05, 0) is 64.6 Å². The number of nitrogens with zero attached hydrogens (tertiary/aromatic N) is 2. The molecule has 2 saturated heterocycles. The summed E-state index contributed by atoms with van der Waals surface area (Å²) in [6.07, 6.45) is 13.3. The van der Waals surface area contributed by atoms with Crippen molar-refractivity contribution >= 4 is 0 Å². The number of aliphatic hydroxyl groups excluding tert-OH is 1. The molecule has 0 radical (unpaired) electrons. The first-order chi connectivity index (χ1) is 11.8. The minimum Gasteiger partial charge on any atom is -0.396 e. The van der Waals surface area contributed by atoms with Crippen LogP contribution in [0, 0.1) is 5.92 Å². The molecule has 4 nitrogen and oxygen atoms in total. The molecule has 2 N–H and O–H groups in total. The molecule has 140 valence electrons. The Morgan fingerprint density at radius 2 is 1.83 bits per heavy atom. The van der Waals surface area contributed by atoms with Crippen LogP contribution < -0.4 is 5.32 Å². The molecule has 2 heterocycles. The zero-order chi connectivity index (χ0) is 16.8. The van der Waals surface area contributed by atoms with Crippen molar-refractivity contribution in [2.24, 2.45) is 5.92 Å². The smallest absolute Gasteiger partial charge is 0.0445 e. The van der Waals surface area contributed by atoms with Crippen molar-refractivity contribution in [2.75, 3.05) is 39.8 Å². The molecule has 0 bridgehead atoms. The highest BCUT2D eigenvalue weighted by Gasteiger charge is 2.36. The molecule has 1 aliphatic carbocycles. The second-order valence-corrected chi connectivity index (χ2v) is 8.45. The fourth-order valence-corrected chi connectivity index (χ4v) is 5.46. The molecule has 3 atom stereocenters. The summed E-state index contributed by atoms with van der Waals surface area (Å²) in [4.78, 5) is 5.46. The van der Waals surface area contributed by atoms with E-state index in [2.05, 4.69) is 22.2 Å². The quantitative estimate of drug-likeness (QED) is 0.781. The van der Waals surface area contributed by atoms with Gasteiger partial charge in [-0.1, -0.05) is 25.7 Å². The third-order valence-electron chi connectivity index (χ3n) is 6.87. The lowest BCUT2D eigenvalue weighted by Crippen LogP contribution is -2.58. The molecule has 0 spiro atoms. The Hall–Kier alpha value is -0.160. The van der Waals surface area contributed by atoms with Gasteiger partial charge in [0, 0.05) is 37.8 Å². The van der Waals surface area contributed by atoms with Crippen LogP contribution in [0.1, 0.15) is 64.2 Å². The van der Waals surface area contributed by atoms with Crippen LogP contribution in [0.25, 0.3) is 0 Å². The highest BCUT2D eigenvalue weighted by atomic mass is 16.3. The van der Waals surface area contributed by atoms with E-state index in [1.807, 2.05) is 0 Å². The van der Waals surface area contributed by atoms with Crippen molar-refractivity contribution in [1.82, 2.24) is 15.1 Å². The molecule has 0 amide bonds. The topological polar surface area (TPSA) is 38.7 Å². The van der Waals surface area contributed by atoms with E-state index in [1.165, 1.54) is 77.4 Å². The van der Waals surface area contributed by atoms with Crippen LogP contribution in [-0.4, -0.2) is 72.9 Å². The van der Waals surface area contributed by atoms with Crippen LogP contribution in [0.2, 0.25) is 0 Å². The third kappa shape index (κ3) is 4.72. The van der Waals surface area contributed by atoms with Crippen molar-refractivity contribution in [2.45, 2.75) is 82.3 Å². The Morgan fingerprint density at radius 1 is 1.04 bits per heavy atom. The second-order valence-electron chi connectivity index (χ2n) is 8.45. The lowest BCUT2D eigenvalue weighted by atomic mass is 9.86. The standard InChI is InChI=1S/C20H39N3O/c1-22(18-7-3-2-4-8-18)16-17-10-12-21-15-20(17)23-13-6-5-9-19(23)11-14-24/h17-21,24H,2-16H2,1H3. The average molecular weight is 338 g/mol. The Morgan fingerprint density at radius 3 is 2.62 bits per heavy atom. The van der Waals surface area contributed by atoms with Crippen LogP contribution in [0.3, 0.4) is 0 Å². The fourth-order valence-electron chi connectivity index (χ4n) is 5.46. The Bertz CT molecular complexity index is 357. The van der Waals surface area contributed by atoms with Gasteiger partial charge in [-0.15, -0.1) is 0 Å². The van der Waals surface area contributed by atoms with Gasteiger partial charge < -0.3 is 15.3 Å². The summed E-state index contributed by atoms with van der Waals surface area (Å²) >= 11 is 0. The van der Waals surface area contributed by atoms with Crippen LogP contribution in [0.5, 0.6) is 0 Å². The van der Waals surface area contributed by atoms with E-state index < -0.39 is 0 Å². The van der Waals surface area contributed by atoms with E-state index in [1.54, 1.807) is 0 Å². The van der Waals surface area contributed by atoms with Gasteiger partial charge in [0.2, 0.25) is 0 Å². The molecule has 0 aromatic rings. The van der Waals surface area contributed by atoms with E-state index >= 15 is 0 Å². The van der Waals surface area contributed by atoms with Crippen LogP contribution in [0.4, 0.5) is 0 Å². The van der Waals surface area contributed by atoms with E-state index in [9.17, 15) is 5.11 Å². The van der Waals surface area contributed by atoms with Crippen molar-refractivity contribution in [3.8, 4) is 0 Å². The monoisotopic (exact) mass is 337 g/mol. The van der Waals surface area contributed by atoms with E-state index in [4.69, 9.17) is 0 Å². The lowest BCUT2D eigenvalue weighted by Gasteiger charge is -2.48. The molecule has 2 aliphatic heterocycles. The Labute approximate surface area is 149 Å². The molecule has 3 aliphatic rings. The number of rotatable bonds is 6. The van der Waals surface area contributed by atoms with Gasteiger partial charge in [-0.25, -0.2) is 0 Å². The molecule has 24 heavy (non-hydrogen) atoms. The summed E-state index contributed by atoms with van der Waals surface area (Å²) < 4.78 is 0. The van der Waals surface area contributed by atoms with Crippen molar-refractivity contribution in [3.05, 3.63) is 0 Å². The van der Waals surface area contributed by atoms with Crippen molar-refractivity contribution in [3.63, 3.8) is 0 Å². The highest BCUT2D eigenvalue weighted by Crippen LogP contribution is 2.29. The SMILES string of the molecule is CN(CC1CCNCC1N1CCCCC1CCO)C1CCCCC1. The predicted octanol–water partition coefficient (Wildman–Crippen LogP) is 2.47. The number of hydrogen-bond acceptors (Lipinski definition) is 4. The molecule has 0 aromatic carbocycles. The minimum absolute atomic E-state index is 0.341. The van der Waals surface area contributed by atoms with Gasteiger partial charge in [0.1, 0.15) is 0 Å². The van der Waals surface area contributed by atoms with Crippen molar-refractivity contribution < 1.29 is 5.11 Å². The third-order valence-corrected chi connectivity index (χ3v) is 6.87. The first-order valence-electron chi connectivity index (χ1n) is 10.6. The molecule has 4 heteroatoms. The van der Waals surface area contributed by atoms with Crippen LogP contribution >= 0.6 is 0 Å². The summed E-state index contributed by atoms with van der Waals surface area (Å²) in [5, 5.41) is 13.1. The highest BCUT2D eigenvalue weighted by molar-refractivity contribution is 4.92.